The zero-order valence-corrected chi connectivity index (χ0v) is 17.5. The lowest BCUT2D eigenvalue weighted by Crippen LogP contribution is -2.20. The molecule has 0 spiro atoms. The van der Waals surface area contributed by atoms with Gasteiger partial charge >= 0.3 is 0 Å². The van der Waals surface area contributed by atoms with Gasteiger partial charge in [-0.25, -0.2) is 8.42 Å². The molecule has 1 heterocycles. The monoisotopic (exact) mass is 414 g/mol. The molecule has 0 fully saturated rings. The summed E-state index contributed by atoms with van der Waals surface area (Å²) in [6.07, 6.45) is 1.56. The summed E-state index contributed by atoms with van der Waals surface area (Å²) in [6.45, 7) is 2.37. The van der Waals surface area contributed by atoms with Crippen LogP contribution in [0.1, 0.15) is 42.8 Å². The highest BCUT2D eigenvalue weighted by molar-refractivity contribution is 7.90. The maximum atomic E-state index is 13.2. The van der Waals surface area contributed by atoms with Crippen molar-refractivity contribution in [3.63, 3.8) is 0 Å². The van der Waals surface area contributed by atoms with E-state index in [1.165, 1.54) is 0 Å². The van der Waals surface area contributed by atoms with Gasteiger partial charge in [0.1, 0.15) is 5.75 Å². The van der Waals surface area contributed by atoms with Crippen LogP contribution in [0.2, 0.25) is 0 Å². The van der Waals surface area contributed by atoms with Gasteiger partial charge in [-0.05, 0) is 29.7 Å². The van der Waals surface area contributed by atoms with Crippen molar-refractivity contribution < 1.29 is 13.2 Å². The lowest BCUT2D eigenvalue weighted by atomic mass is 10.1. The molecular weight excluding hydrogens is 388 g/mol. The van der Waals surface area contributed by atoms with Crippen LogP contribution in [-0.4, -0.2) is 30.3 Å². The lowest BCUT2D eigenvalue weighted by Gasteiger charge is -2.15. The highest BCUT2D eigenvalue weighted by Crippen LogP contribution is 2.23. The summed E-state index contributed by atoms with van der Waals surface area (Å²) in [7, 11) is -2.19. The second-order valence-corrected chi connectivity index (χ2v) is 8.80. The van der Waals surface area contributed by atoms with E-state index >= 15 is 0 Å². The second kappa shape index (κ2) is 9.19. The van der Waals surface area contributed by atoms with E-state index in [1.807, 2.05) is 37.3 Å². The summed E-state index contributed by atoms with van der Waals surface area (Å²) >= 11 is 0. The zero-order chi connectivity index (χ0) is 20.9. The van der Waals surface area contributed by atoms with Crippen molar-refractivity contribution in [3.8, 4) is 5.75 Å². The topological polar surface area (TPSA) is 100 Å². The molecule has 3 rings (SSSR count). The largest absolute Gasteiger partial charge is 0.497 e. The molecule has 2 aromatic carbocycles. The van der Waals surface area contributed by atoms with Gasteiger partial charge < -0.3 is 10.5 Å². The number of sulfone groups is 1. The van der Waals surface area contributed by atoms with Crippen molar-refractivity contribution in [2.24, 2.45) is 5.73 Å². The molecule has 1 aromatic heterocycles. The van der Waals surface area contributed by atoms with Crippen LogP contribution in [0.5, 0.6) is 5.75 Å². The number of hydrogen-bond acceptors (Lipinski definition) is 6. The second-order valence-electron chi connectivity index (χ2n) is 6.92. The smallest absolute Gasteiger partial charge is 0.250 e. The van der Waals surface area contributed by atoms with Gasteiger partial charge in [-0.2, -0.15) is 0 Å². The summed E-state index contributed by atoms with van der Waals surface area (Å²) in [4.78, 5) is 0. The van der Waals surface area contributed by atoms with Crippen LogP contribution in [0.4, 0.5) is 0 Å². The quantitative estimate of drug-likeness (QED) is 0.577. The van der Waals surface area contributed by atoms with Gasteiger partial charge in [0.2, 0.25) is 15.0 Å². The van der Waals surface area contributed by atoms with Crippen LogP contribution in [-0.2, 0) is 22.1 Å². The van der Waals surface area contributed by atoms with E-state index in [9.17, 15) is 8.42 Å². The van der Waals surface area contributed by atoms with E-state index in [0.29, 0.717) is 30.1 Å². The Hall–Kier alpha value is -2.71. The van der Waals surface area contributed by atoms with E-state index in [0.717, 1.165) is 12.0 Å². The van der Waals surface area contributed by atoms with Gasteiger partial charge in [0.05, 0.1) is 25.4 Å². The third-order valence-electron chi connectivity index (χ3n) is 4.63. The zero-order valence-electron chi connectivity index (χ0n) is 16.7. The van der Waals surface area contributed by atoms with Crippen molar-refractivity contribution in [2.75, 3.05) is 7.11 Å². The minimum absolute atomic E-state index is 0.0641. The average Bonchev–Trinajstić information content (AvgIpc) is 3.13. The number of ether oxygens (including phenoxy) is 1. The van der Waals surface area contributed by atoms with Crippen molar-refractivity contribution in [1.29, 1.82) is 0 Å². The Bertz CT molecular complexity index is 1050. The van der Waals surface area contributed by atoms with Crippen LogP contribution < -0.4 is 10.5 Å². The van der Waals surface area contributed by atoms with Gasteiger partial charge in [0.25, 0.3) is 0 Å². The van der Waals surface area contributed by atoms with Crippen molar-refractivity contribution >= 4 is 9.84 Å². The number of methoxy groups -OCH3 is 1. The predicted molar refractivity (Wildman–Crippen MR) is 111 cm³/mol. The maximum Gasteiger partial charge on any atom is 0.250 e. The molecular formula is C21H26N4O3S. The van der Waals surface area contributed by atoms with E-state index in [-0.39, 0.29) is 17.0 Å². The summed E-state index contributed by atoms with van der Waals surface area (Å²) in [5.41, 5.74) is 7.85. The lowest BCUT2D eigenvalue weighted by molar-refractivity contribution is 0.414. The first-order valence-electron chi connectivity index (χ1n) is 9.53. The fourth-order valence-electron chi connectivity index (χ4n) is 3.21. The SMILES string of the molecule is CCCC(N)c1nnc(S(=O)(=O)Cc2cccc(OC)c2)n1Cc1ccccc1. The van der Waals surface area contributed by atoms with E-state index in [2.05, 4.69) is 10.2 Å². The Morgan fingerprint density at radius 2 is 1.79 bits per heavy atom. The molecule has 154 valence electrons. The number of benzene rings is 2. The fraction of sp³-hybridized carbons (Fsp3) is 0.333. The minimum atomic E-state index is -3.74. The van der Waals surface area contributed by atoms with Gasteiger partial charge in [-0.1, -0.05) is 55.8 Å². The molecule has 0 aliphatic rings. The molecule has 0 saturated carbocycles. The Morgan fingerprint density at radius 3 is 2.48 bits per heavy atom. The molecule has 1 unspecified atom stereocenters. The normalized spacial score (nSPS) is 12.7. The molecule has 0 amide bonds. The molecule has 0 bridgehead atoms. The van der Waals surface area contributed by atoms with E-state index in [1.54, 1.807) is 35.9 Å². The van der Waals surface area contributed by atoms with Gasteiger partial charge in [-0.3, -0.25) is 4.57 Å². The van der Waals surface area contributed by atoms with Crippen LogP contribution in [0, 0.1) is 0 Å². The molecule has 2 N–H and O–H groups in total. The Balaban J connectivity index is 2.00. The van der Waals surface area contributed by atoms with Crippen LogP contribution >= 0.6 is 0 Å². The molecule has 3 aromatic rings. The molecule has 7 nitrogen and oxygen atoms in total. The summed E-state index contributed by atoms with van der Waals surface area (Å²) < 4.78 is 33.2. The Morgan fingerprint density at radius 1 is 1.07 bits per heavy atom. The van der Waals surface area contributed by atoms with E-state index < -0.39 is 9.84 Å². The molecule has 1 atom stereocenters. The highest BCUT2D eigenvalue weighted by Gasteiger charge is 2.27. The van der Waals surface area contributed by atoms with Gasteiger partial charge in [-0.15, -0.1) is 10.2 Å². The Kier molecular flexibility index (Phi) is 6.66. The van der Waals surface area contributed by atoms with Crippen LogP contribution in [0.15, 0.2) is 59.8 Å². The highest BCUT2D eigenvalue weighted by atomic mass is 32.2. The van der Waals surface area contributed by atoms with Gasteiger partial charge in [0, 0.05) is 0 Å². The summed E-state index contributed by atoms with van der Waals surface area (Å²) in [6, 6.07) is 16.2. The van der Waals surface area contributed by atoms with E-state index in [4.69, 9.17) is 10.5 Å². The summed E-state index contributed by atoms with van der Waals surface area (Å²) in [5, 5.41) is 8.13. The number of rotatable bonds is 9. The minimum Gasteiger partial charge on any atom is -0.497 e. The van der Waals surface area contributed by atoms with Gasteiger partial charge in [0.15, 0.2) is 5.82 Å². The number of nitrogens with two attached hydrogens (primary N) is 1. The average molecular weight is 415 g/mol. The molecule has 0 saturated heterocycles. The number of nitrogens with zero attached hydrogens (tertiary/aromatic N) is 3. The first-order chi connectivity index (χ1) is 13.9. The maximum absolute atomic E-state index is 13.2. The predicted octanol–water partition coefficient (Wildman–Crippen LogP) is 3.11. The third-order valence-corrected chi connectivity index (χ3v) is 6.20. The molecule has 0 aliphatic heterocycles. The number of aromatic nitrogens is 3. The third kappa shape index (κ3) is 5.02. The standard InChI is InChI=1S/C21H26N4O3S/c1-3-8-19(22)20-23-24-21(25(20)14-16-9-5-4-6-10-16)29(26,27)15-17-11-7-12-18(13-17)28-2/h4-7,9-13,19H,3,8,14-15,22H2,1-2H3. The molecule has 0 aliphatic carbocycles. The molecule has 0 radical (unpaired) electrons. The molecule has 8 heteroatoms. The first kappa shape index (κ1) is 21.0. The van der Waals surface area contributed by atoms with Crippen molar-refractivity contribution in [1.82, 2.24) is 14.8 Å². The Labute approximate surface area is 171 Å². The van der Waals surface area contributed by atoms with Crippen LogP contribution in [0.3, 0.4) is 0 Å². The number of hydrogen-bond donors (Lipinski definition) is 1. The fourth-order valence-corrected chi connectivity index (χ4v) is 4.61. The van der Waals surface area contributed by atoms with Crippen molar-refractivity contribution in [2.45, 2.75) is 43.3 Å². The summed E-state index contributed by atoms with van der Waals surface area (Å²) in [5.74, 6) is 0.897. The van der Waals surface area contributed by atoms with Crippen LogP contribution in [0.25, 0.3) is 0 Å². The first-order valence-corrected chi connectivity index (χ1v) is 11.2. The van der Waals surface area contributed by atoms with Crippen molar-refractivity contribution in [3.05, 3.63) is 71.5 Å². The molecule has 29 heavy (non-hydrogen) atoms.